The highest BCUT2D eigenvalue weighted by Crippen LogP contribution is 2.18. The number of benzene rings is 1. The van der Waals surface area contributed by atoms with E-state index in [2.05, 4.69) is 46.1 Å². The van der Waals surface area contributed by atoms with Crippen LogP contribution in [0.3, 0.4) is 0 Å². The first-order valence-corrected chi connectivity index (χ1v) is 10.7. The fraction of sp³-hybridized carbons (Fsp3) is 0.636. The molecule has 0 spiro atoms. The summed E-state index contributed by atoms with van der Waals surface area (Å²) in [5.41, 5.74) is 2.33. The van der Waals surface area contributed by atoms with Crippen molar-refractivity contribution < 1.29 is 9.53 Å². The normalized spacial score (nSPS) is 18.7. The summed E-state index contributed by atoms with van der Waals surface area (Å²) in [6.45, 7) is 10.2. The summed E-state index contributed by atoms with van der Waals surface area (Å²) < 4.78 is 5.34. The molecule has 1 unspecified atom stereocenters. The first-order chi connectivity index (χ1) is 14.0. The lowest BCUT2D eigenvalue weighted by Gasteiger charge is -2.39. The molecule has 168 valence electrons. The molecule has 1 atom stereocenters. The lowest BCUT2D eigenvalue weighted by molar-refractivity contribution is -0.135. The predicted molar refractivity (Wildman–Crippen MR) is 132 cm³/mol. The first-order valence-electron chi connectivity index (χ1n) is 10.7. The van der Waals surface area contributed by atoms with Crippen molar-refractivity contribution in [2.75, 3.05) is 53.4 Å². The molecule has 1 N–H and O–H groups in total. The summed E-state index contributed by atoms with van der Waals surface area (Å²) in [7, 11) is 3.52. The van der Waals surface area contributed by atoms with Crippen LogP contribution in [0, 0.1) is 6.92 Å². The van der Waals surface area contributed by atoms with Gasteiger partial charge in [-0.1, -0.05) is 12.1 Å². The largest absolute Gasteiger partial charge is 0.496 e. The monoisotopic (exact) mass is 529 g/mol. The number of halogens is 1. The Balaban J connectivity index is 0.00000320. The number of guanidine groups is 1. The molecule has 2 heterocycles. The lowest BCUT2D eigenvalue weighted by Crippen LogP contribution is -2.57. The van der Waals surface area contributed by atoms with E-state index >= 15 is 0 Å². The molecule has 0 aliphatic carbocycles. The molecule has 1 aromatic rings. The molecule has 2 aliphatic heterocycles. The number of ether oxygens (including phenoxy) is 1. The fourth-order valence-corrected chi connectivity index (χ4v) is 4.24. The number of amides is 1. The summed E-state index contributed by atoms with van der Waals surface area (Å²) in [5.74, 6) is 2.11. The van der Waals surface area contributed by atoms with Gasteiger partial charge in [-0.15, -0.1) is 24.0 Å². The Kier molecular flexibility index (Phi) is 9.67. The van der Waals surface area contributed by atoms with Crippen molar-refractivity contribution in [1.82, 2.24) is 20.0 Å². The molecular weight excluding hydrogens is 493 g/mol. The molecule has 0 bridgehead atoms. The Bertz CT molecular complexity index is 728. The second kappa shape index (κ2) is 11.7. The maximum Gasteiger partial charge on any atom is 0.239 e. The van der Waals surface area contributed by atoms with Crippen LogP contribution in [-0.4, -0.2) is 86.0 Å². The molecule has 7 nitrogen and oxygen atoms in total. The van der Waals surface area contributed by atoms with Crippen molar-refractivity contribution in [2.45, 2.75) is 39.3 Å². The Labute approximate surface area is 197 Å². The number of carbonyl (C=O) groups is 1. The van der Waals surface area contributed by atoms with Gasteiger partial charge in [0.2, 0.25) is 5.91 Å². The maximum atomic E-state index is 12.7. The Morgan fingerprint density at radius 3 is 2.37 bits per heavy atom. The highest BCUT2D eigenvalue weighted by molar-refractivity contribution is 14.0. The van der Waals surface area contributed by atoms with Crippen LogP contribution in [-0.2, 0) is 11.3 Å². The van der Waals surface area contributed by atoms with E-state index in [1.165, 1.54) is 5.56 Å². The highest BCUT2D eigenvalue weighted by Gasteiger charge is 2.30. The number of carbonyl (C=O) groups excluding carboxylic acids is 1. The summed E-state index contributed by atoms with van der Waals surface area (Å²) in [5, 5.41) is 3.47. The molecule has 2 aliphatic rings. The van der Waals surface area contributed by atoms with E-state index in [4.69, 9.17) is 4.74 Å². The molecule has 3 rings (SSSR count). The van der Waals surface area contributed by atoms with E-state index in [1.807, 2.05) is 18.0 Å². The van der Waals surface area contributed by atoms with Gasteiger partial charge >= 0.3 is 0 Å². The number of piperazine rings is 1. The minimum absolute atomic E-state index is 0. The molecule has 0 aromatic heterocycles. The van der Waals surface area contributed by atoms with E-state index in [0.29, 0.717) is 0 Å². The second-order valence-corrected chi connectivity index (χ2v) is 7.94. The molecule has 30 heavy (non-hydrogen) atoms. The molecule has 0 radical (unpaired) electrons. The van der Waals surface area contributed by atoms with Crippen molar-refractivity contribution in [3.63, 3.8) is 0 Å². The predicted octanol–water partition coefficient (Wildman–Crippen LogP) is 2.33. The van der Waals surface area contributed by atoms with Crippen LogP contribution in [0.15, 0.2) is 23.2 Å². The molecule has 0 saturated carbocycles. The van der Waals surface area contributed by atoms with Gasteiger partial charge in [0.15, 0.2) is 5.96 Å². The number of nitrogens with one attached hydrogen (secondary N) is 1. The van der Waals surface area contributed by atoms with Crippen LogP contribution in [0.1, 0.15) is 30.9 Å². The Morgan fingerprint density at radius 1 is 1.13 bits per heavy atom. The van der Waals surface area contributed by atoms with Gasteiger partial charge in [-0.05, 0) is 43.9 Å². The van der Waals surface area contributed by atoms with E-state index in [9.17, 15) is 4.79 Å². The van der Waals surface area contributed by atoms with Crippen molar-refractivity contribution >= 4 is 35.8 Å². The van der Waals surface area contributed by atoms with Crippen LogP contribution >= 0.6 is 24.0 Å². The molecular formula is C22H36IN5O2. The number of aliphatic imine (C=N–C) groups is 1. The van der Waals surface area contributed by atoms with Gasteiger partial charge in [0.1, 0.15) is 5.75 Å². The van der Waals surface area contributed by atoms with Gasteiger partial charge in [-0.2, -0.15) is 0 Å². The fourth-order valence-electron chi connectivity index (χ4n) is 4.24. The number of aryl methyl sites for hydroxylation is 1. The third-order valence-corrected chi connectivity index (χ3v) is 6.06. The minimum atomic E-state index is -0.0347. The van der Waals surface area contributed by atoms with Crippen LogP contribution in [0.4, 0.5) is 0 Å². The topological polar surface area (TPSA) is 60.4 Å². The van der Waals surface area contributed by atoms with Gasteiger partial charge in [0, 0.05) is 52.9 Å². The smallest absolute Gasteiger partial charge is 0.239 e. The summed E-state index contributed by atoms with van der Waals surface area (Å²) >= 11 is 0. The molecule has 8 heteroatoms. The first kappa shape index (κ1) is 24.7. The zero-order valence-corrected chi connectivity index (χ0v) is 21.0. The van der Waals surface area contributed by atoms with E-state index in [-0.39, 0.29) is 35.9 Å². The Hall–Kier alpha value is -1.55. The van der Waals surface area contributed by atoms with Crippen LogP contribution in [0.25, 0.3) is 0 Å². The van der Waals surface area contributed by atoms with Crippen molar-refractivity contribution in [3.8, 4) is 5.75 Å². The average molecular weight is 529 g/mol. The number of likely N-dealkylation sites (tertiary alicyclic amines) is 1. The minimum Gasteiger partial charge on any atom is -0.496 e. The van der Waals surface area contributed by atoms with Gasteiger partial charge in [0.05, 0.1) is 13.2 Å². The number of methoxy groups -OCH3 is 1. The third-order valence-electron chi connectivity index (χ3n) is 6.06. The van der Waals surface area contributed by atoms with E-state index in [1.54, 1.807) is 7.11 Å². The van der Waals surface area contributed by atoms with Crippen molar-refractivity contribution in [3.05, 3.63) is 29.3 Å². The zero-order valence-electron chi connectivity index (χ0n) is 18.7. The number of rotatable bonds is 5. The van der Waals surface area contributed by atoms with Crippen LogP contribution in [0.2, 0.25) is 0 Å². The van der Waals surface area contributed by atoms with Gasteiger partial charge in [-0.25, -0.2) is 0 Å². The quantitative estimate of drug-likeness (QED) is 0.361. The van der Waals surface area contributed by atoms with E-state index < -0.39 is 0 Å². The number of nitrogens with zero attached hydrogens (tertiary/aromatic N) is 4. The third kappa shape index (κ3) is 6.00. The van der Waals surface area contributed by atoms with Crippen LogP contribution < -0.4 is 10.1 Å². The number of hydrogen-bond acceptors (Lipinski definition) is 4. The van der Waals surface area contributed by atoms with Crippen molar-refractivity contribution in [2.24, 2.45) is 4.99 Å². The highest BCUT2D eigenvalue weighted by atomic mass is 127. The molecule has 1 aromatic carbocycles. The SMILES string of the molecule is CN=C(NCc1ccc(OC)c(C)c1)N1CCN(C(C)C(=O)N2CCCC2)CC1.I. The van der Waals surface area contributed by atoms with Gasteiger partial charge in [-0.3, -0.25) is 14.7 Å². The van der Waals surface area contributed by atoms with Gasteiger partial charge in [0.25, 0.3) is 0 Å². The summed E-state index contributed by atoms with van der Waals surface area (Å²) in [4.78, 5) is 23.7. The summed E-state index contributed by atoms with van der Waals surface area (Å²) in [6.07, 6.45) is 2.28. The molecule has 1 amide bonds. The average Bonchev–Trinajstić information content (AvgIpc) is 3.28. The summed E-state index contributed by atoms with van der Waals surface area (Å²) in [6, 6.07) is 6.19. The second-order valence-electron chi connectivity index (χ2n) is 7.94. The molecule has 2 fully saturated rings. The standard InChI is InChI=1S/C22H35N5O2.HI/c1-17-15-19(7-8-20(17)29-4)16-24-22(23-3)27-13-11-25(12-14-27)18(2)21(28)26-9-5-6-10-26;/h7-8,15,18H,5-6,9-14,16H2,1-4H3,(H,23,24);1H. The van der Waals surface area contributed by atoms with Crippen LogP contribution in [0.5, 0.6) is 5.75 Å². The lowest BCUT2D eigenvalue weighted by atomic mass is 10.1. The maximum absolute atomic E-state index is 12.7. The van der Waals surface area contributed by atoms with Gasteiger partial charge < -0.3 is 19.9 Å². The zero-order chi connectivity index (χ0) is 20.8. The number of hydrogen-bond donors (Lipinski definition) is 1. The van der Waals surface area contributed by atoms with E-state index in [0.717, 1.165) is 75.9 Å². The molecule has 2 saturated heterocycles. The van der Waals surface area contributed by atoms with Crippen molar-refractivity contribution in [1.29, 1.82) is 0 Å². The Morgan fingerprint density at radius 2 is 1.80 bits per heavy atom.